The van der Waals surface area contributed by atoms with Gasteiger partial charge in [-0.25, -0.2) is 0 Å². The summed E-state index contributed by atoms with van der Waals surface area (Å²) in [5.41, 5.74) is 0. The molecule has 2 atom stereocenters. The molecule has 56 valence electrons. The molecule has 0 aliphatic rings. The van der Waals surface area contributed by atoms with Crippen molar-refractivity contribution in [3.05, 3.63) is 0 Å². The van der Waals surface area contributed by atoms with Gasteiger partial charge in [-0.15, -0.1) is 34.8 Å². The average Bonchev–Trinajstić information content (AvgIpc) is 1.87. The first kappa shape index (κ1) is 10.5. The van der Waals surface area contributed by atoms with Gasteiger partial charge in [-0.1, -0.05) is 11.0 Å². The first-order valence-electron chi connectivity index (χ1n) is 2.30. The number of hydrogen-bond acceptors (Lipinski definition) is 1. The van der Waals surface area contributed by atoms with Crippen LogP contribution in [0, 0.1) is 0 Å². The van der Waals surface area contributed by atoms with E-state index in [9.17, 15) is 0 Å². The van der Waals surface area contributed by atoms with Crippen LogP contribution in [-0.2, 0) is 0 Å². The van der Waals surface area contributed by atoms with E-state index in [0.717, 1.165) is 11.0 Å². The monoisotopic (exact) mass is 226 g/mol. The van der Waals surface area contributed by atoms with Crippen LogP contribution in [0.5, 0.6) is 0 Å². The summed E-state index contributed by atoms with van der Waals surface area (Å²) in [5, 5.41) is -0.314. The van der Waals surface area contributed by atoms with Gasteiger partial charge in [0.2, 0.25) is 0 Å². The highest BCUT2D eigenvalue weighted by Gasteiger charge is 2.14. The molecule has 2 unspecified atom stereocenters. The highest BCUT2D eigenvalue weighted by Crippen LogP contribution is 2.18. The highest BCUT2D eigenvalue weighted by molar-refractivity contribution is 8.21. The van der Waals surface area contributed by atoms with Crippen molar-refractivity contribution in [3.63, 3.8) is 0 Å². The van der Waals surface area contributed by atoms with Gasteiger partial charge in [0.15, 0.2) is 0 Å². The fourth-order valence-electron chi connectivity index (χ4n) is 0.261. The lowest BCUT2D eigenvalue weighted by atomic mass is 10.4. The zero-order valence-electron chi connectivity index (χ0n) is 4.49. The summed E-state index contributed by atoms with van der Waals surface area (Å²) >= 11 is 16.8. The van der Waals surface area contributed by atoms with E-state index in [1.807, 2.05) is 0 Å². The van der Waals surface area contributed by atoms with Gasteiger partial charge in [0.05, 0.1) is 10.8 Å². The minimum Gasteiger partial charge on any atom is -0.125 e. The Balaban J connectivity index is 3.32. The third kappa shape index (κ3) is 4.86. The van der Waals surface area contributed by atoms with Gasteiger partial charge in [0.1, 0.15) is 0 Å². The third-order valence-electron chi connectivity index (χ3n) is 0.762. The Labute approximate surface area is 78.7 Å². The molecule has 0 aromatic rings. The van der Waals surface area contributed by atoms with Crippen molar-refractivity contribution in [2.24, 2.45) is 0 Å². The SMILES string of the molecule is ClCC(Cl)C(Cl)CSCl. The van der Waals surface area contributed by atoms with E-state index < -0.39 is 0 Å². The Morgan fingerprint density at radius 1 is 1.22 bits per heavy atom. The van der Waals surface area contributed by atoms with Crippen LogP contribution in [-0.4, -0.2) is 22.4 Å². The van der Waals surface area contributed by atoms with Gasteiger partial charge in [0, 0.05) is 11.6 Å². The summed E-state index contributed by atoms with van der Waals surface area (Å²) in [4.78, 5) is 0. The maximum Gasteiger partial charge on any atom is 0.0643 e. The van der Waals surface area contributed by atoms with Crippen LogP contribution in [0.1, 0.15) is 0 Å². The Morgan fingerprint density at radius 2 is 1.78 bits per heavy atom. The predicted octanol–water partition coefficient (Wildman–Crippen LogP) is 3.33. The molecule has 0 radical (unpaired) electrons. The fourth-order valence-corrected chi connectivity index (χ4v) is 1.99. The van der Waals surface area contributed by atoms with Crippen LogP contribution >= 0.6 is 56.5 Å². The molecule has 5 heteroatoms. The summed E-state index contributed by atoms with van der Waals surface area (Å²) in [6, 6.07) is 0. The first-order valence-corrected chi connectivity index (χ1v) is 5.52. The van der Waals surface area contributed by atoms with Gasteiger partial charge in [-0.3, -0.25) is 0 Å². The van der Waals surface area contributed by atoms with Crippen molar-refractivity contribution < 1.29 is 0 Å². The van der Waals surface area contributed by atoms with E-state index in [1.54, 1.807) is 0 Å². The van der Waals surface area contributed by atoms with Gasteiger partial charge < -0.3 is 0 Å². The molecule has 0 amide bonds. The number of hydrogen-bond donors (Lipinski definition) is 0. The maximum atomic E-state index is 5.71. The normalized spacial score (nSPS) is 17.3. The van der Waals surface area contributed by atoms with Crippen molar-refractivity contribution in [1.29, 1.82) is 0 Å². The molecular formula is C4H6Cl4S. The zero-order valence-corrected chi connectivity index (χ0v) is 8.33. The lowest BCUT2D eigenvalue weighted by Gasteiger charge is -2.09. The third-order valence-corrected chi connectivity index (χ3v) is 3.34. The topological polar surface area (TPSA) is 0 Å². The van der Waals surface area contributed by atoms with Crippen molar-refractivity contribution in [2.45, 2.75) is 10.8 Å². The smallest absolute Gasteiger partial charge is 0.0643 e. The molecule has 0 fully saturated rings. The molecule has 0 saturated heterocycles. The van der Waals surface area contributed by atoms with Crippen molar-refractivity contribution in [3.8, 4) is 0 Å². The number of halogens is 4. The fraction of sp³-hybridized carbons (Fsp3) is 1.00. The predicted molar refractivity (Wildman–Crippen MR) is 48.3 cm³/mol. The second kappa shape index (κ2) is 6.23. The Hall–Kier alpha value is 1.51. The second-order valence-electron chi connectivity index (χ2n) is 1.46. The molecule has 0 aromatic carbocycles. The Morgan fingerprint density at radius 3 is 2.11 bits per heavy atom. The lowest BCUT2D eigenvalue weighted by Crippen LogP contribution is -2.18. The van der Waals surface area contributed by atoms with E-state index in [2.05, 4.69) is 0 Å². The molecule has 0 aliphatic heterocycles. The summed E-state index contributed by atoms with van der Waals surface area (Å²) in [6.45, 7) is 0. The molecule has 0 bridgehead atoms. The molecule has 0 aliphatic carbocycles. The summed E-state index contributed by atoms with van der Waals surface area (Å²) in [5.74, 6) is 0.997. The largest absolute Gasteiger partial charge is 0.125 e. The van der Waals surface area contributed by atoms with E-state index in [0.29, 0.717) is 11.6 Å². The first-order chi connectivity index (χ1) is 4.22. The van der Waals surface area contributed by atoms with Crippen LogP contribution in [0.25, 0.3) is 0 Å². The zero-order chi connectivity index (χ0) is 7.28. The molecule has 0 N–H and O–H groups in total. The molecule has 0 rings (SSSR count). The van der Waals surface area contributed by atoms with E-state index in [-0.39, 0.29) is 10.8 Å². The molecule has 0 heterocycles. The van der Waals surface area contributed by atoms with Crippen LogP contribution in [0.15, 0.2) is 0 Å². The quantitative estimate of drug-likeness (QED) is 0.665. The summed E-state index contributed by atoms with van der Waals surface area (Å²) in [7, 11) is 6.48. The Kier molecular flexibility index (Phi) is 7.28. The van der Waals surface area contributed by atoms with Crippen molar-refractivity contribution in [2.75, 3.05) is 11.6 Å². The maximum absolute atomic E-state index is 5.71. The van der Waals surface area contributed by atoms with Crippen LogP contribution < -0.4 is 0 Å². The minimum atomic E-state index is -0.181. The molecular weight excluding hydrogens is 222 g/mol. The van der Waals surface area contributed by atoms with E-state index in [1.165, 1.54) is 0 Å². The average molecular weight is 228 g/mol. The second-order valence-corrected chi connectivity index (χ2v) is 4.10. The van der Waals surface area contributed by atoms with Crippen LogP contribution in [0.4, 0.5) is 0 Å². The Bertz CT molecular complexity index is 69.6. The molecule has 0 nitrogen and oxygen atoms in total. The standard InChI is InChI=1S/C4H6Cl4S/c5-1-3(6)4(7)2-9-8/h3-4H,1-2H2. The van der Waals surface area contributed by atoms with Crippen LogP contribution in [0.2, 0.25) is 0 Å². The van der Waals surface area contributed by atoms with Crippen molar-refractivity contribution in [1.82, 2.24) is 0 Å². The molecule has 0 spiro atoms. The van der Waals surface area contributed by atoms with E-state index in [4.69, 9.17) is 45.5 Å². The van der Waals surface area contributed by atoms with Gasteiger partial charge in [-0.2, -0.15) is 0 Å². The molecule has 9 heavy (non-hydrogen) atoms. The molecule has 0 aromatic heterocycles. The number of alkyl halides is 3. The summed E-state index contributed by atoms with van der Waals surface area (Å²) < 4.78 is 0. The van der Waals surface area contributed by atoms with Gasteiger partial charge in [0.25, 0.3) is 0 Å². The van der Waals surface area contributed by atoms with Gasteiger partial charge in [-0.05, 0) is 10.7 Å². The van der Waals surface area contributed by atoms with Gasteiger partial charge >= 0.3 is 0 Å². The number of rotatable bonds is 4. The molecule has 0 saturated carbocycles. The summed E-state index contributed by atoms with van der Waals surface area (Å²) in [6.07, 6.45) is 0. The highest BCUT2D eigenvalue weighted by atomic mass is 35.7. The van der Waals surface area contributed by atoms with Crippen molar-refractivity contribution >= 4 is 56.5 Å². The lowest BCUT2D eigenvalue weighted by molar-refractivity contribution is 0.924. The minimum absolute atomic E-state index is 0.133. The van der Waals surface area contributed by atoms with Crippen LogP contribution in [0.3, 0.4) is 0 Å². The van der Waals surface area contributed by atoms with E-state index >= 15 is 0 Å².